The van der Waals surface area contributed by atoms with Crippen LogP contribution in [0.4, 0.5) is 5.69 Å². The van der Waals surface area contributed by atoms with Gasteiger partial charge >= 0.3 is 0 Å². The number of anilines is 1. The zero-order valence-corrected chi connectivity index (χ0v) is 13.0. The average Bonchev–Trinajstić information content (AvgIpc) is 2.78. The van der Waals surface area contributed by atoms with Crippen molar-refractivity contribution in [1.82, 2.24) is 10.5 Å². The first-order valence-corrected chi connectivity index (χ1v) is 7.07. The Morgan fingerprint density at radius 1 is 1.38 bits per heavy atom. The van der Waals surface area contributed by atoms with Gasteiger partial charge in [-0.2, -0.15) is 0 Å². The number of rotatable bonds is 5. The van der Waals surface area contributed by atoms with E-state index in [-0.39, 0.29) is 18.5 Å². The third-order valence-corrected chi connectivity index (χ3v) is 3.57. The maximum Gasteiger partial charge on any atom is 0.238 e. The van der Waals surface area contributed by atoms with E-state index in [4.69, 9.17) is 16.1 Å². The van der Waals surface area contributed by atoms with Crippen LogP contribution in [0.15, 0.2) is 28.8 Å². The molecule has 5 nitrogen and oxygen atoms in total. The number of hydrogen-bond donors (Lipinski definition) is 2. The summed E-state index contributed by atoms with van der Waals surface area (Å²) in [6.07, 6.45) is 0. The zero-order chi connectivity index (χ0) is 15.4. The summed E-state index contributed by atoms with van der Waals surface area (Å²) in [5, 5.41) is 10.3. The summed E-state index contributed by atoms with van der Waals surface area (Å²) in [5.41, 5.74) is 2.43. The molecule has 21 heavy (non-hydrogen) atoms. The van der Waals surface area contributed by atoms with Crippen molar-refractivity contribution in [3.8, 4) is 0 Å². The number of para-hydroxylation sites is 1. The van der Waals surface area contributed by atoms with Crippen molar-refractivity contribution in [2.24, 2.45) is 0 Å². The minimum absolute atomic E-state index is 0.0201. The number of carbonyl (C=O) groups excluding carboxylic acids is 1. The molecule has 0 aliphatic heterocycles. The van der Waals surface area contributed by atoms with E-state index < -0.39 is 0 Å². The SMILES string of the molecule is Cc1noc(C)c1C(C)NCC(=O)Nc1ccccc1Cl. The van der Waals surface area contributed by atoms with Crippen molar-refractivity contribution in [2.75, 3.05) is 11.9 Å². The molecule has 2 aromatic rings. The van der Waals surface area contributed by atoms with Crippen LogP contribution in [0, 0.1) is 13.8 Å². The van der Waals surface area contributed by atoms with E-state index in [1.807, 2.05) is 32.9 Å². The Labute approximate surface area is 128 Å². The maximum absolute atomic E-state index is 11.9. The molecule has 0 aliphatic rings. The van der Waals surface area contributed by atoms with E-state index in [9.17, 15) is 4.79 Å². The Hall–Kier alpha value is -1.85. The van der Waals surface area contributed by atoms with Crippen molar-refractivity contribution in [3.05, 3.63) is 46.3 Å². The highest BCUT2D eigenvalue weighted by molar-refractivity contribution is 6.33. The van der Waals surface area contributed by atoms with Gasteiger partial charge in [0.2, 0.25) is 5.91 Å². The third-order valence-electron chi connectivity index (χ3n) is 3.24. The van der Waals surface area contributed by atoms with Crippen molar-refractivity contribution < 1.29 is 9.32 Å². The van der Waals surface area contributed by atoms with Gasteiger partial charge in [-0.25, -0.2) is 0 Å². The van der Waals surface area contributed by atoms with Crippen LogP contribution in [-0.4, -0.2) is 17.6 Å². The summed E-state index contributed by atoms with van der Waals surface area (Å²) in [7, 11) is 0. The highest BCUT2D eigenvalue weighted by Crippen LogP contribution is 2.21. The van der Waals surface area contributed by atoms with Gasteiger partial charge in [0.25, 0.3) is 0 Å². The lowest BCUT2D eigenvalue weighted by Gasteiger charge is -2.14. The molecule has 1 aromatic heterocycles. The van der Waals surface area contributed by atoms with Crippen LogP contribution in [-0.2, 0) is 4.79 Å². The molecule has 0 aliphatic carbocycles. The van der Waals surface area contributed by atoms with Crippen molar-refractivity contribution in [3.63, 3.8) is 0 Å². The second-order valence-electron chi connectivity index (χ2n) is 4.87. The predicted molar refractivity (Wildman–Crippen MR) is 82.5 cm³/mol. The quantitative estimate of drug-likeness (QED) is 0.890. The fraction of sp³-hybridized carbons (Fsp3) is 0.333. The molecule has 0 radical (unpaired) electrons. The Morgan fingerprint density at radius 2 is 2.10 bits per heavy atom. The summed E-state index contributed by atoms with van der Waals surface area (Å²) in [6, 6.07) is 7.11. The van der Waals surface area contributed by atoms with E-state index >= 15 is 0 Å². The molecule has 112 valence electrons. The summed E-state index contributed by atoms with van der Waals surface area (Å²) < 4.78 is 5.13. The van der Waals surface area contributed by atoms with Crippen LogP contribution in [0.5, 0.6) is 0 Å². The second-order valence-corrected chi connectivity index (χ2v) is 5.28. The van der Waals surface area contributed by atoms with Crippen LogP contribution >= 0.6 is 11.6 Å². The molecule has 0 spiro atoms. The molecule has 6 heteroatoms. The smallest absolute Gasteiger partial charge is 0.238 e. The molecular formula is C15H18ClN3O2. The zero-order valence-electron chi connectivity index (χ0n) is 12.2. The predicted octanol–water partition coefficient (Wildman–Crippen LogP) is 3.23. The minimum Gasteiger partial charge on any atom is -0.361 e. The Morgan fingerprint density at radius 3 is 2.71 bits per heavy atom. The second kappa shape index (κ2) is 6.74. The van der Waals surface area contributed by atoms with Gasteiger partial charge in [-0.3, -0.25) is 4.79 Å². The van der Waals surface area contributed by atoms with Gasteiger partial charge in [-0.05, 0) is 32.9 Å². The number of amides is 1. The normalized spacial score (nSPS) is 12.2. The van der Waals surface area contributed by atoms with Crippen molar-refractivity contribution in [1.29, 1.82) is 0 Å². The molecular weight excluding hydrogens is 290 g/mol. The molecule has 1 aromatic carbocycles. The molecule has 0 fully saturated rings. The number of carbonyl (C=O) groups is 1. The number of nitrogens with zero attached hydrogens (tertiary/aromatic N) is 1. The molecule has 1 atom stereocenters. The van der Waals surface area contributed by atoms with Gasteiger partial charge in [-0.15, -0.1) is 0 Å². The first kappa shape index (κ1) is 15.5. The van der Waals surface area contributed by atoms with E-state index in [0.29, 0.717) is 10.7 Å². The van der Waals surface area contributed by atoms with Crippen LogP contribution in [0.25, 0.3) is 0 Å². The number of benzene rings is 1. The lowest BCUT2D eigenvalue weighted by atomic mass is 10.1. The van der Waals surface area contributed by atoms with Gasteiger partial charge < -0.3 is 15.2 Å². The molecule has 0 bridgehead atoms. The van der Waals surface area contributed by atoms with Crippen LogP contribution in [0.2, 0.25) is 5.02 Å². The number of halogens is 1. The molecule has 0 saturated heterocycles. The highest BCUT2D eigenvalue weighted by atomic mass is 35.5. The average molecular weight is 308 g/mol. The van der Waals surface area contributed by atoms with E-state index in [1.165, 1.54) is 0 Å². The van der Waals surface area contributed by atoms with E-state index in [2.05, 4.69) is 15.8 Å². The lowest BCUT2D eigenvalue weighted by Crippen LogP contribution is -2.30. The molecule has 1 amide bonds. The lowest BCUT2D eigenvalue weighted by molar-refractivity contribution is -0.115. The monoisotopic (exact) mass is 307 g/mol. The molecule has 1 heterocycles. The fourth-order valence-corrected chi connectivity index (χ4v) is 2.40. The van der Waals surface area contributed by atoms with E-state index in [0.717, 1.165) is 17.0 Å². The van der Waals surface area contributed by atoms with Gasteiger partial charge in [0.1, 0.15) is 5.76 Å². The summed E-state index contributed by atoms with van der Waals surface area (Å²) >= 11 is 6.00. The Balaban J connectivity index is 1.91. The number of nitrogens with one attached hydrogen (secondary N) is 2. The summed E-state index contributed by atoms with van der Waals surface area (Å²) in [5.74, 6) is 0.612. The third kappa shape index (κ3) is 3.83. The number of aromatic nitrogens is 1. The number of aryl methyl sites for hydroxylation is 2. The minimum atomic E-state index is -0.151. The van der Waals surface area contributed by atoms with Crippen LogP contribution in [0.3, 0.4) is 0 Å². The fourth-order valence-electron chi connectivity index (χ4n) is 2.21. The van der Waals surface area contributed by atoms with Gasteiger partial charge in [0, 0.05) is 11.6 Å². The Kier molecular flexibility index (Phi) is 4.98. The van der Waals surface area contributed by atoms with Gasteiger partial charge in [0.05, 0.1) is 22.9 Å². The molecule has 1 unspecified atom stereocenters. The van der Waals surface area contributed by atoms with Crippen molar-refractivity contribution in [2.45, 2.75) is 26.8 Å². The van der Waals surface area contributed by atoms with Crippen molar-refractivity contribution >= 4 is 23.2 Å². The summed E-state index contributed by atoms with van der Waals surface area (Å²) in [6.45, 7) is 5.89. The summed E-state index contributed by atoms with van der Waals surface area (Å²) in [4.78, 5) is 11.9. The molecule has 2 N–H and O–H groups in total. The largest absolute Gasteiger partial charge is 0.361 e. The Bertz CT molecular complexity index is 620. The van der Waals surface area contributed by atoms with Crippen LogP contribution < -0.4 is 10.6 Å². The first-order valence-electron chi connectivity index (χ1n) is 6.69. The first-order chi connectivity index (χ1) is 9.99. The molecule has 2 rings (SSSR count). The van der Waals surface area contributed by atoms with Crippen LogP contribution in [0.1, 0.15) is 30.0 Å². The topological polar surface area (TPSA) is 67.2 Å². The van der Waals surface area contributed by atoms with Gasteiger partial charge in [0.15, 0.2) is 0 Å². The van der Waals surface area contributed by atoms with E-state index in [1.54, 1.807) is 12.1 Å². The number of hydrogen-bond acceptors (Lipinski definition) is 4. The standard InChI is InChI=1S/C15H18ClN3O2/c1-9(15-10(2)19-21-11(15)3)17-8-14(20)18-13-7-5-4-6-12(13)16/h4-7,9,17H,8H2,1-3H3,(H,18,20). The maximum atomic E-state index is 11.9. The highest BCUT2D eigenvalue weighted by Gasteiger charge is 2.17. The molecule has 0 saturated carbocycles. The van der Waals surface area contributed by atoms with Gasteiger partial charge in [-0.1, -0.05) is 28.9 Å².